The minimum atomic E-state index is -0.577. The van der Waals surface area contributed by atoms with Gasteiger partial charge in [-0.05, 0) is 29.8 Å². The van der Waals surface area contributed by atoms with E-state index in [0.717, 1.165) is 0 Å². The van der Waals surface area contributed by atoms with Gasteiger partial charge in [0.1, 0.15) is 11.5 Å². The Hall–Kier alpha value is -3.02. The summed E-state index contributed by atoms with van der Waals surface area (Å²) in [5.74, 6) is -0.940. The summed E-state index contributed by atoms with van der Waals surface area (Å²) in [6.07, 6.45) is 2.61. The van der Waals surface area contributed by atoms with Crippen LogP contribution in [-0.2, 0) is 4.79 Å². The largest absolute Gasteiger partial charge is 0.317 e. The number of anilines is 1. The molecule has 0 spiro atoms. The lowest BCUT2D eigenvalue weighted by atomic mass is 10.2. The number of nitro benzene ring substituents is 1. The first-order valence-corrected chi connectivity index (χ1v) is 6.04. The molecule has 0 radical (unpaired) electrons. The highest BCUT2D eigenvalue weighted by molar-refractivity contribution is 6.03. The van der Waals surface area contributed by atoms with Gasteiger partial charge in [0.25, 0.3) is 5.69 Å². The van der Waals surface area contributed by atoms with Gasteiger partial charge in [-0.25, -0.2) is 4.39 Å². The summed E-state index contributed by atoms with van der Waals surface area (Å²) in [6, 6.07) is 11.6. The van der Waals surface area contributed by atoms with Gasteiger partial charge in [-0.15, -0.1) is 0 Å². The van der Waals surface area contributed by atoms with Crippen LogP contribution in [0.5, 0.6) is 0 Å². The highest BCUT2D eigenvalue weighted by Gasteiger charge is 2.13. The van der Waals surface area contributed by atoms with E-state index in [1.165, 1.54) is 48.6 Å². The smallest absolute Gasteiger partial charge is 0.292 e. The first kappa shape index (κ1) is 14.4. The van der Waals surface area contributed by atoms with Crippen LogP contribution < -0.4 is 5.32 Å². The summed E-state index contributed by atoms with van der Waals surface area (Å²) in [7, 11) is 0. The van der Waals surface area contributed by atoms with Crippen molar-refractivity contribution in [3.63, 3.8) is 0 Å². The Balaban J connectivity index is 2.10. The second kappa shape index (κ2) is 6.42. The lowest BCUT2D eigenvalue weighted by Gasteiger charge is -2.02. The molecule has 0 aromatic heterocycles. The predicted octanol–water partition coefficient (Wildman–Crippen LogP) is 3.39. The van der Waals surface area contributed by atoms with E-state index >= 15 is 0 Å². The molecule has 0 aliphatic carbocycles. The molecular weight excluding hydrogens is 275 g/mol. The van der Waals surface area contributed by atoms with E-state index in [2.05, 4.69) is 5.32 Å². The molecule has 2 aromatic rings. The summed E-state index contributed by atoms with van der Waals surface area (Å²) >= 11 is 0. The highest BCUT2D eigenvalue weighted by Crippen LogP contribution is 2.23. The Morgan fingerprint density at radius 2 is 1.95 bits per heavy atom. The summed E-state index contributed by atoms with van der Waals surface area (Å²) in [5.41, 5.74) is 0.439. The minimum absolute atomic E-state index is 0.108. The number of carbonyl (C=O) groups excluding carboxylic acids is 1. The van der Waals surface area contributed by atoms with Crippen molar-refractivity contribution in [3.05, 3.63) is 76.1 Å². The Labute approximate surface area is 119 Å². The summed E-state index contributed by atoms with van der Waals surface area (Å²) < 4.78 is 13.0. The van der Waals surface area contributed by atoms with Crippen molar-refractivity contribution >= 4 is 23.4 Å². The molecule has 0 bridgehead atoms. The van der Waals surface area contributed by atoms with Crippen LogP contribution in [0.4, 0.5) is 15.8 Å². The number of hydrogen-bond acceptors (Lipinski definition) is 3. The molecule has 1 amide bonds. The van der Waals surface area contributed by atoms with Gasteiger partial charge < -0.3 is 5.32 Å². The standard InChI is InChI=1S/C15H11FN2O3/c16-12-5-3-4-11(10-12)8-9-15(19)17-13-6-1-2-7-14(13)18(20)21/h1-10H,(H,17,19)/b9-8+. The Kier molecular flexibility index (Phi) is 4.40. The summed E-state index contributed by atoms with van der Waals surface area (Å²) in [4.78, 5) is 22.0. The number of nitrogens with one attached hydrogen (secondary N) is 1. The molecule has 0 aliphatic rings. The number of hydrogen-bond donors (Lipinski definition) is 1. The van der Waals surface area contributed by atoms with E-state index in [1.807, 2.05) is 0 Å². The first-order valence-electron chi connectivity index (χ1n) is 6.04. The number of halogens is 1. The first-order chi connectivity index (χ1) is 10.1. The van der Waals surface area contributed by atoms with E-state index in [-0.39, 0.29) is 11.4 Å². The summed E-state index contributed by atoms with van der Waals surface area (Å²) in [6.45, 7) is 0. The van der Waals surface area contributed by atoms with Gasteiger partial charge >= 0.3 is 0 Å². The Morgan fingerprint density at radius 1 is 1.19 bits per heavy atom. The van der Waals surface area contributed by atoms with E-state index in [9.17, 15) is 19.3 Å². The number of amides is 1. The molecule has 0 fully saturated rings. The second-order valence-electron chi connectivity index (χ2n) is 4.15. The average Bonchev–Trinajstić information content (AvgIpc) is 2.45. The highest BCUT2D eigenvalue weighted by atomic mass is 19.1. The fourth-order valence-corrected chi connectivity index (χ4v) is 1.70. The molecule has 0 unspecified atom stereocenters. The fourth-order valence-electron chi connectivity index (χ4n) is 1.70. The molecule has 2 rings (SSSR count). The molecule has 0 aliphatic heterocycles. The number of nitro groups is 1. The molecule has 106 valence electrons. The molecule has 21 heavy (non-hydrogen) atoms. The van der Waals surface area contributed by atoms with Crippen molar-refractivity contribution in [2.45, 2.75) is 0 Å². The van der Waals surface area contributed by atoms with Gasteiger partial charge in [-0.1, -0.05) is 24.3 Å². The number of carbonyl (C=O) groups is 1. The summed E-state index contributed by atoms with van der Waals surface area (Å²) in [5, 5.41) is 13.2. The third kappa shape index (κ3) is 3.97. The lowest BCUT2D eigenvalue weighted by molar-refractivity contribution is -0.383. The molecule has 1 N–H and O–H groups in total. The monoisotopic (exact) mass is 286 g/mol. The number of rotatable bonds is 4. The zero-order valence-corrected chi connectivity index (χ0v) is 10.8. The quantitative estimate of drug-likeness (QED) is 0.532. The number of nitrogens with zero attached hydrogens (tertiary/aromatic N) is 1. The second-order valence-corrected chi connectivity index (χ2v) is 4.15. The maximum absolute atomic E-state index is 13.0. The normalized spacial score (nSPS) is 10.5. The van der Waals surface area contributed by atoms with Gasteiger partial charge in [-0.2, -0.15) is 0 Å². The van der Waals surface area contributed by atoms with Crippen LogP contribution in [0.2, 0.25) is 0 Å². The van der Waals surface area contributed by atoms with Crippen LogP contribution >= 0.6 is 0 Å². The van der Waals surface area contributed by atoms with Gasteiger partial charge in [0.05, 0.1) is 4.92 Å². The third-order valence-corrected chi connectivity index (χ3v) is 2.63. The van der Waals surface area contributed by atoms with E-state index in [4.69, 9.17) is 0 Å². The zero-order valence-electron chi connectivity index (χ0n) is 10.8. The Morgan fingerprint density at radius 3 is 2.67 bits per heavy atom. The van der Waals surface area contributed by atoms with Crippen LogP contribution in [0, 0.1) is 15.9 Å². The van der Waals surface area contributed by atoms with Crippen molar-refractivity contribution in [2.24, 2.45) is 0 Å². The van der Waals surface area contributed by atoms with Crippen LogP contribution in [0.25, 0.3) is 6.08 Å². The topological polar surface area (TPSA) is 72.2 Å². The van der Waals surface area contributed by atoms with Crippen molar-refractivity contribution in [1.29, 1.82) is 0 Å². The fraction of sp³-hybridized carbons (Fsp3) is 0. The molecule has 5 nitrogen and oxygen atoms in total. The molecule has 0 heterocycles. The van der Waals surface area contributed by atoms with Gasteiger partial charge in [0.2, 0.25) is 5.91 Å². The van der Waals surface area contributed by atoms with Gasteiger partial charge in [-0.3, -0.25) is 14.9 Å². The van der Waals surface area contributed by atoms with Crippen molar-refractivity contribution in [3.8, 4) is 0 Å². The predicted molar refractivity (Wildman–Crippen MR) is 77.2 cm³/mol. The Bertz CT molecular complexity index is 714. The maximum Gasteiger partial charge on any atom is 0.292 e. The van der Waals surface area contributed by atoms with Crippen LogP contribution in [0.1, 0.15) is 5.56 Å². The van der Waals surface area contributed by atoms with Crippen LogP contribution in [0.15, 0.2) is 54.6 Å². The van der Waals surface area contributed by atoms with Crippen LogP contribution in [-0.4, -0.2) is 10.8 Å². The average molecular weight is 286 g/mol. The zero-order chi connectivity index (χ0) is 15.2. The van der Waals surface area contributed by atoms with Gasteiger partial charge in [0, 0.05) is 12.1 Å². The van der Waals surface area contributed by atoms with Gasteiger partial charge in [0.15, 0.2) is 0 Å². The maximum atomic E-state index is 13.0. The number of benzene rings is 2. The van der Waals surface area contributed by atoms with E-state index in [0.29, 0.717) is 5.56 Å². The molecule has 6 heteroatoms. The molecular formula is C15H11FN2O3. The SMILES string of the molecule is O=C(/C=C/c1cccc(F)c1)Nc1ccccc1[N+](=O)[O-]. The molecule has 0 saturated heterocycles. The lowest BCUT2D eigenvalue weighted by Crippen LogP contribution is -2.09. The van der Waals surface area contributed by atoms with E-state index in [1.54, 1.807) is 12.1 Å². The third-order valence-electron chi connectivity index (χ3n) is 2.63. The molecule has 0 atom stereocenters. The van der Waals surface area contributed by atoms with Crippen molar-refractivity contribution in [2.75, 3.05) is 5.32 Å². The van der Waals surface area contributed by atoms with Crippen LogP contribution in [0.3, 0.4) is 0 Å². The molecule has 0 saturated carbocycles. The number of para-hydroxylation sites is 2. The van der Waals surface area contributed by atoms with E-state index < -0.39 is 16.6 Å². The van der Waals surface area contributed by atoms with Crippen molar-refractivity contribution < 1.29 is 14.1 Å². The van der Waals surface area contributed by atoms with Crippen molar-refractivity contribution in [1.82, 2.24) is 0 Å². The minimum Gasteiger partial charge on any atom is -0.317 e. The molecule has 2 aromatic carbocycles.